The van der Waals surface area contributed by atoms with Crippen LogP contribution in [0.1, 0.15) is 46.5 Å². The van der Waals surface area contributed by atoms with Crippen molar-refractivity contribution in [3.63, 3.8) is 0 Å². The highest BCUT2D eigenvalue weighted by atomic mass is 16.2. The number of nitrogens with zero attached hydrogens (tertiary/aromatic N) is 4. The lowest BCUT2D eigenvalue weighted by atomic mass is 10.0. The molecule has 7 heteroatoms. The van der Waals surface area contributed by atoms with Crippen molar-refractivity contribution in [1.82, 2.24) is 9.97 Å². The maximum atomic E-state index is 12.7. The van der Waals surface area contributed by atoms with E-state index in [2.05, 4.69) is 64.7 Å². The predicted octanol–water partition coefficient (Wildman–Crippen LogP) is 6.07. The van der Waals surface area contributed by atoms with Gasteiger partial charge in [0, 0.05) is 42.8 Å². The van der Waals surface area contributed by atoms with Crippen molar-refractivity contribution in [3.8, 4) is 11.3 Å². The number of carbonyl (C=O) groups excluding carboxylic acids is 1. The fraction of sp³-hybridized carbons (Fsp3) is 0.414. The fourth-order valence-corrected chi connectivity index (χ4v) is 5.52. The summed E-state index contributed by atoms with van der Waals surface area (Å²) in [7, 11) is 1.84. The SMILES string of the molecule is CC(C)N1c2cc(Nc3nccc(-c4cccc(NCC5CCCC5)c4)n3)ccc2N(C)C(=O)[C@H]1C. The Morgan fingerprint density at radius 1 is 1.03 bits per heavy atom. The molecule has 3 aromatic rings. The van der Waals surface area contributed by atoms with Crippen molar-refractivity contribution in [3.05, 3.63) is 54.7 Å². The molecule has 1 aromatic heterocycles. The van der Waals surface area contributed by atoms with Gasteiger partial charge in [-0.25, -0.2) is 9.97 Å². The minimum atomic E-state index is -0.216. The average molecular weight is 485 g/mol. The molecule has 2 aliphatic rings. The molecular weight excluding hydrogens is 448 g/mol. The highest BCUT2D eigenvalue weighted by Gasteiger charge is 2.35. The maximum Gasteiger partial charge on any atom is 0.249 e. The third kappa shape index (κ3) is 4.87. The Morgan fingerprint density at radius 2 is 1.83 bits per heavy atom. The van der Waals surface area contributed by atoms with Gasteiger partial charge in [-0.15, -0.1) is 0 Å². The normalized spacial score (nSPS) is 18.0. The highest BCUT2D eigenvalue weighted by molar-refractivity contribution is 6.05. The first-order valence-corrected chi connectivity index (χ1v) is 13.0. The highest BCUT2D eigenvalue weighted by Crippen LogP contribution is 2.39. The summed E-state index contributed by atoms with van der Waals surface area (Å²) in [5.74, 6) is 1.43. The zero-order valence-electron chi connectivity index (χ0n) is 21.7. The molecule has 2 aromatic carbocycles. The standard InChI is InChI=1S/C29H36N6O/c1-19(2)35-20(3)28(36)34(4)26-13-12-24(17-27(26)35)32-29-30-15-14-25(33-29)22-10-7-11-23(16-22)31-18-21-8-5-6-9-21/h7,10-17,19-21,31H,5-6,8-9,18H2,1-4H3,(H,30,32,33)/t20-/m1/s1. The first-order valence-electron chi connectivity index (χ1n) is 13.0. The number of nitrogens with one attached hydrogen (secondary N) is 2. The van der Waals surface area contributed by atoms with Gasteiger partial charge in [0.25, 0.3) is 0 Å². The number of anilines is 5. The zero-order chi connectivity index (χ0) is 25.2. The van der Waals surface area contributed by atoms with Crippen LogP contribution >= 0.6 is 0 Å². The molecule has 0 bridgehead atoms. The lowest BCUT2D eigenvalue weighted by molar-refractivity contribution is -0.119. The number of fused-ring (bicyclic) bond motifs is 1. The van der Waals surface area contributed by atoms with Gasteiger partial charge in [-0.05, 0) is 75.9 Å². The summed E-state index contributed by atoms with van der Waals surface area (Å²) in [6.45, 7) is 7.22. The summed E-state index contributed by atoms with van der Waals surface area (Å²) in [5.41, 5.74) is 5.89. The molecular formula is C29H36N6O. The minimum Gasteiger partial charge on any atom is -0.385 e. The van der Waals surface area contributed by atoms with Gasteiger partial charge in [0.1, 0.15) is 6.04 Å². The molecule has 0 radical (unpaired) electrons. The maximum absolute atomic E-state index is 12.7. The molecule has 1 atom stereocenters. The smallest absolute Gasteiger partial charge is 0.249 e. The lowest BCUT2D eigenvalue weighted by Gasteiger charge is -2.42. The minimum absolute atomic E-state index is 0.105. The molecule has 1 amide bonds. The summed E-state index contributed by atoms with van der Waals surface area (Å²) >= 11 is 0. The topological polar surface area (TPSA) is 73.4 Å². The number of amides is 1. The number of likely N-dealkylation sites (N-methyl/N-ethyl adjacent to an activating group) is 1. The summed E-state index contributed by atoms with van der Waals surface area (Å²) in [5, 5.41) is 6.99. The average Bonchev–Trinajstić information content (AvgIpc) is 3.40. The van der Waals surface area contributed by atoms with Crippen LogP contribution in [-0.4, -0.2) is 41.6 Å². The van der Waals surface area contributed by atoms with Crippen LogP contribution in [0.5, 0.6) is 0 Å². The Labute approximate surface area is 213 Å². The third-order valence-electron chi connectivity index (χ3n) is 7.42. The molecule has 2 heterocycles. The van der Waals surface area contributed by atoms with E-state index in [-0.39, 0.29) is 18.0 Å². The van der Waals surface area contributed by atoms with E-state index in [0.29, 0.717) is 5.95 Å². The van der Waals surface area contributed by atoms with Crippen LogP contribution in [0, 0.1) is 5.92 Å². The van der Waals surface area contributed by atoms with Gasteiger partial charge in [-0.3, -0.25) is 4.79 Å². The van der Waals surface area contributed by atoms with E-state index in [1.54, 1.807) is 11.1 Å². The molecule has 188 valence electrons. The number of hydrogen-bond acceptors (Lipinski definition) is 6. The van der Waals surface area contributed by atoms with E-state index in [1.807, 2.05) is 32.2 Å². The Kier molecular flexibility index (Phi) is 6.81. The Morgan fingerprint density at radius 3 is 2.61 bits per heavy atom. The molecule has 0 spiro atoms. The molecule has 0 unspecified atom stereocenters. The van der Waals surface area contributed by atoms with Gasteiger partial charge in [0.15, 0.2) is 0 Å². The van der Waals surface area contributed by atoms with Crippen molar-refractivity contribution in [2.45, 2.75) is 58.5 Å². The predicted molar refractivity (Wildman–Crippen MR) is 148 cm³/mol. The molecule has 36 heavy (non-hydrogen) atoms. The summed E-state index contributed by atoms with van der Waals surface area (Å²) in [6.07, 6.45) is 7.16. The van der Waals surface area contributed by atoms with Crippen LogP contribution in [0.25, 0.3) is 11.3 Å². The van der Waals surface area contributed by atoms with Gasteiger partial charge in [-0.2, -0.15) is 0 Å². The van der Waals surface area contributed by atoms with Crippen LogP contribution < -0.4 is 20.4 Å². The molecule has 1 aliphatic carbocycles. The second kappa shape index (κ2) is 10.2. The monoisotopic (exact) mass is 484 g/mol. The van der Waals surface area contributed by atoms with Crippen molar-refractivity contribution >= 4 is 34.6 Å². The van der Waals surface area contributed by atoms with Crippen LogP contribution in [0.2, 0.25) is 0 Å². The van der Waals surface area contributed by atoms with Crippen LogP contribution in [0.15, 0.2) is 54.7 Å². The molecule has 7 nitrogen and oxygen atoms in total. The van der Waals surface area contributed by atoms with Crippen LogP contribution in [0.3, 0.4) is 0 Å². The first kappa shape index (κ1) is 24.1. The van der Waals surface area contributed by atoms with Crippen molar-refractivity contribution < 1.29 is 4.79 Å². The third-order valence-corrected chi connectivity index (χ3v) is 7.42. The Balaban J connectivity index is 1.36. The van der Waals surface area contributed by atoms with Crippen molar-refractivity contribution in [2.24, 2.45) is 5.92 Å². The first-order chi connectivity index (χ1) is 17.4. The van der Waals surface area contributed by atoms with Gasteiger partial charge in [0.2, 0.25) is 11.9 Å². The number of aromatic nitrogens is 2. The van der Waals surface area contributed by atoms with E-state index in [1.165, 1.54) is 25.7 Å². The van der Waals surface area contributed by atoms with Crippen molar-refractivity contribution in [2.75, 3.05) is 34.0 Å². The second-order valence-corrected chi connectivity index (χ2v) is 10.3. The molecule has 0 saturated heterocycles. The second-order valence-electron chi connectivity index (χ2n) is 10.3. The van der Waals surface area contributed by atoms with Gasteiger partial charge < -0.3 is 20.4 Å². The summed E-state index contributed by atoms with van der Waals surface area (Å²) in [4.78, 5) is 25.9. The lowest BCUT2D eigenvalue weighted by Crippen LogP contribution is -2.53. The fourth-order valence-electron chi connectivity index (χ4n) is 5.52. The van der Waals surface area contributed by atoms with Crippen LogP contribution in [0.4, 0.5) is 28.7 Å². The van der Waals surface area contributed by atoms with E-state index >= 15 is 0 Å². The molecule has 1 fully saturated rings. The molecule has 2 N–H and O–H groups in total. The number of hydrogen-bond donors (Lipinski definition) is 2. The molecule has 1 saturated carbocycles. The quantitative estimate of drug-likeness (QED) is 0.424. The van der Waals surface area contributed by atoms with Crippen molar-refractivity contribution in [1.29, 1.82) is 0 Å². The number of rotatable bonds is 7. The summed E-state index contributed by atoms with van der Waals surface area (Å²) < 4.78 is 0. The zero-order valence-corrected chi connectivity index (χ0v) is 21.7. The van der Waals surface area contributed by atoms with Gasteiger partial charge in [0.05, 0.1) is 17.1 Å². The number of benzene rings is 2. The summed E-state index contributed by atoms with van der Waals surface area (Å²) in [6, 6.07) is 16.4. The number of carbonyl (C=O) groups is 1. The van der Waals surface area contributed by atoms with E-state index < -0.39 is 0 Å². The van der Waals surface area contributed by atoms with Crippen LogP contribution in [-0.2, 0) is 4.79 Å². The van der Waals surface area contributed by atoms with E-state index in [9.17, 15) is 4.79 Å². The largest absolute Gasteiger partial charge is 0.385 e. The molecule has 5 rings (SSSR count). The van der Waals surface area contributed by atoms with E-state index in [4.69, 9.17) is 4.98 Å². The van der Waals surface area contributed by atoms with Gasteiger partial charge in [-0.1, -0.05) is 25.0 Å². The Bertz CT molecular complexity index is 1240. The molecule has 1 aliphatic heterocycles. The van der Waals surface area contributed by atoms with E-state index in [0.717, 1.165) is 46.5 Å². The van der Waals surface area contributed by atoms with Gasteiger partial charge >= 0.3 is 0 Å². The Hall–Kier alpha value is -3.61.